The number of hydrogen-bond acceptors (Lipinski definition) is 6. The van der Waals surface area contributed by atoms with E-state index in [9.17, 15) is 14.7 Å². The number of anilines is 1. The van der Waals surface area contributed by atoms with Crippen LogP contribution in [0.1, 0.15) is 5.56 Å². The third kappa shape index (κ3) is 4.30. The highest BCUT2D eigenvalue weighted by Gasteiger charge is 2.34. The van der Waals surface area contributed by atoms with Crippen LogP contribution < -0.4 is 19.7 Å². The van der Waals surface area contributed by atoms with Gasteiger partial charge in [-0.05, 0) is 72.4 Å². The third-order valence-electron chi connectivity index (χ3n) is 4.69. The molecule has 0 saturated carbocycles. The van der Waals surface area contributed by atoms with Gasteiger partial charge in [0.2, 0.25) is 0 Å². The first-order valence-corrected chi connectivity index (χ1v) is 9.98. The van der Waals surface area contributed by atoms with Crippen LogP contribution in [0.25, 0.3) is 6.08 Å². The second-order valence-corrected chi connectivity index (χ2v) is 7.18. The zero-order valence-corrected chi connectivity index (χ0v) is 17.8. The second-order valence-electron chi connectivity index (χ2n) is 6.80. The van der Waals surface area contributed by atoms with Crippen molar-refractivity contribution in [3.05, 3.63) is 83.9 Å². The molecule has 7 nitrogen and oxygen atoms in total. The van der Waals surface area contributed by atoms with Crippen molar-refractivity contribution in [1.82, 2.24) is 5.32 Å². The van der Waals surface area contributed by atoms with Crippen LogP contribution in [0.5, 0.6) is 23.0 Å². The van der Waals surface area contributed by atoms with E-state index >= 15 is 0 Å². The molecule has 3 aromatic carbocycles. The summed E-state index contributed by atoms with van der Waals surface area (Å²) in [5.41, 5.74) is 0.892. The minimum atomic E-state index is -0.604. The van der Waals surface area contributed by atoms with Gasteiger partial charge in [0, 0.05) is 0 Å². The molecule has 3 aromatic rings. The van der Waals surface area contributed by atoms with E-state index in [1.807, 2.05) is 30.3 Å². The summed E-state index contributed by atoms with van der Waals surface area (Å²) >= 11 is 5.24. The number of carbonyl (C=O) groups excluding carboxylic acids is 2. The Morgan fingerprint density at radius 2 is 1.66 bits per heavy atom. The average molecular weight is 446 g/mol. The Bertz CT molecular complexity index is 1220. The monoisotopic (exact) mass is 446 g/mol. The summed E-state index contributed by atoms with van der Waals surface area (Å²) in [5, 5.41) is 12.3. The number of carbonyl (C=O) groups is 2. The van der Waals surface area contributed by atoms with Gasteiger partial charge in [0.25, 0.3) is 11.8 Å². The number of benzene rings is 3. The van der Waals surface area contributed by atoms with Gasteiger partial charge in [-0.15, -0.1) is 0 Å². The molecule has 0 spiro atoms. The van der Waals surface area contributed by atoms with E-state index < -0.39 is 11.8 Å². The number of hydrogen-bond donors (Lipinski definition) is 2. The molecule has 1 fully saturated rings. The van der Waals surface area contributed by atoms with Crippen molar-refractivity contribution >= 4 is 40.9 Å². The van der Waals surface area contributed by atoms with Crippen molar-refractivity contribution in [2.75, 3.05) is 12.0 Å². The zero-order valence-electron chi connectivity index (χ0n) is 16.9. The number of methoxy groups -OCH3 is 1. The molecule has 0 atom stereocenters. The molecular weight excluding hydrogens is 428 g/mol. The molecule has 8 heteroatoms. The number of rotatable bonds is 5. The van der Waals surface area contributed by atoms with Gasteiger partial charge < -0.3 is 14.6 Å². The van der Waals surface area contributed by atoms with Crippen molar-refractivity contribution < 1.29 is 24.2 Å². The second kappa shape index (κ2) is 8.91. The predicted molar refractivity (Wildman–Crippen MR) is 124 cm³/mol. The number of nitrogens with one attached hydrogen (secondary N) is 1. The van der Waals surface area contributed by atoms with Gasteiger partial charge in [-0.25, -0.2) is 0 Å². The molecule has 4 rings (SSSR count). The Morgan fingerprint density at radius 3 is 2.34 bits per heavy atom. The molecule has 160 valence electrons. The van der Waals surface area contributed by atoms with E-state index in [0.717, 1.165) is 0 Å². The van der Waals surface area contributed by atoms with Crippen LogP contribution in [0, 0.1) is 0 Å². The highest BCUT2D eigenvalue weighted by Crippen LogP contribution is 2.29. The van der Waals surface area contributed by atoms with Crippen LogP contribution in [0.4, 0.5) is 5.69 Å². The molecule has 2 N–H and O–H groups in total. The highest BCUT2D eigenvalue weighted by molar-refractivity contribution is 7.80. The lowest BCUT2D eigenvalue weighted by Crippen LogP contribution is -2.54. The molecule has 1 aliphatic heterocycles. The molecule has 32 heavy (non-hydrogen) atoms. The molecule has 0 bridgehead atoms. The topological polar surface area (TPSA) is 88.1 Å². The quantitative estimate of drug-likeness (QED) is 0.350. The number of ether oxygens (including phenoxy) is 2. The maximum Gasteiger partial charge on any atom is 0.270 e. The maximum atomic E-state index is 13.1. The van der Waals surface area contributed by atoms with E-state index in [4.69, 9.17) is 21.7 Å². The Balaban J connectivity index is 1.61. The van der Waals surface area contributed by atoms with Gasteiger partial charge in [-0.1, -0.05) is 24.3 Å². The number of aromatic hydroxyl groups is 1. The number of phenolic OH excluding ortho intramolecular Hbond substituents is 1. The van der Waals surface area contributed by atoms with E-state index in [1.54, 1.807) is 30.3 Å². The van der Waals surface area contributed by atoms with Gasteiger partial charge in [-0.3, -0.25) is 19.8 Å². The first-order valence-electron chi connectivity index (χ1n) is 9.57. The van der Waals surface area contributed by atoms with Crippen molar-refractivity contribution in [2.45, 2.75) is 0 Å². The summed E-state index contributed by atoms with van der Waals surface area (Å²) in [5.74, 6) is 0.284. The molecule has 0 radical (unpaired) electrons. The lowest BCUT2D eigenvalue weighted by atomic mass is 10.1. The third-order valence-corrected chi connectivity index (χ3v) is 4.97. The number of nitrogens with zero attached hydrogens (tertiary/aromatic N) is 1. The molecule has 1 aliphatic rings. The van der Waals surface area contributed by atoms with Crippen LogP contribution >= 0.6 is 12.2 Å². The van der Waals surface area contributed by atoms with Crippen LogP contribution in [0.2, 0.25) is 0 Å². The van der Waals surface area contributed by atoms with Gasteiger partial charge in [-0.2, -0.15) is 0 Å². The van der Waals surface area contributed by atoms with E-state index in [-0.39, 0.29) is 22.2 Å². The SMILES string of the molecule is COc1cc(/C=C2\C(=O)NC(=S)N(c3ccc(Oc4ccccc4)cc3)C2=O)ccc1O. The first kappa shape index (κ1) is 21.1. The van der Waals surface area contributed by atoms with E-state index in [0.29, 0.717) is 22.7 Å². The summed E-state index contributed by atoms with van der Waals surface area (Å²) < 4.78 is 10.9. The first-order chi connectivity index (χ1) is 15.5. The minimum absolute atomic E-state index is 0.0165. The molecule has 1 heterocycles. The fourth-order valence-electron chi connectivity index (χ4n) is 3.13. The number of thiocarbonyl (C=S) groups is 1. The Kier molecular flexibility index (Phi) is 5.87. The summed E-state index contributed by atoms with van der Waals surface area (Å²) in [6.45, 7) is 0. The van der Waals surface area contributed by atoms with Gasteiger partial charge >= 0.3 is 0 Å². The van der Waals surface area contributed by atoms with Crippen LogP contribution in [-0.4, -0.2) is 29.1 Å². The lowest BCUT2D eigenvalue weighted by molar-refractivity contribution is -0.122. The molecule has 0 unspecified atom stereocenters. The summed E-state index contributed by atoms with van der Waals surface area (Å²) in [6.07, 6.45) is 1.42. The predicted octanol–water partition coefficient (Wildman–Crippen LogP) is 4.02. The molecule has 0 aromatic heterocycles. The molecular formula is C24H18N2O5S. The Hall–Kier alpha value is -4.17. The standard InChI is InChI=1S/C24H18N2O5S/c1-30-21-14-15(7-12-20(21)27)13-19-22(28)25-24(32)26(23(19)29)16-8-10-18(11-9-16)31-17-5-3-2-4-6-17/h2-14,27H,1H3,(H,25,28,32)/b19-13+. The summed E-state index contributed by atoms with van der Waals surface area (Å²) in [6, 6.07) is 20.6. The van der Waals surface area contributed by atoms with Crippen LogP contribution in [0.3, 0.4) is 0 Å². The Morgan fingerprint density at radius 1 is 0.969 bits per heavy atom. The van der Waals surface area contributed by atoms with Gasteiger partial charge in [0.05, 0.1) is 12.8 Å². The van der Waals surface area contributed by atoms with E-state index in [1.165, 1.54) is 30.2 Å². The largest absolute Gasteiger partial charge is 0.504 e. The van der Waals surface area contributed by atoms with Crippen molar-refractivity contribution in [3.8, 4) is 23.0 Å². The lowest BCUT2D eigenvalue weighted by Gasteiger charge is -2.29. The fourth-order valence-corrected chi connectivity index (χ4v) is 3.41. The van der Waals surface area contributed by atoms with Crippen molar-refractivity contribution in [3.63, 3.8) is 0 Å². The maximum absolute atomic E-state index is 13.1. The normalized spacial score (nSPS) is 15.0. The highest BCUT2D eigenvalue weighted by atomic mass is 32.1. The summed E-state index contributed by atoms with van der Waals surface area (Å²) in [7, 11) is 1.41. The molecule has 2 amide bonds. The fraction of sp³-hybridized carbons (Fsp3) is 0.0417. The summed E-state index contributed by atoms with van der Waals surface area (Å²) in [4.78, 5) is 26.8. The van der Waals surface area contributed by atoms with Crippen LogP contribution in [-0.2, 0) is 9.59 Å². The number of phenols is 1. The van der Waals surface area contributed by atoms with Crippen LogP contribution in [0.15, 0.2) is 78.4 Å². The number of para-hydroxylation sites is 1. The smallest absolute Gasteiger partial charge is 0.270 e. The van der Waals surface area contributed by atoms with Gasteiger partial charge in [0.1, 0.15) is 17.1 Å². The minimum Gasteiger partial charge on any atom is -0.504 e. The zero-order chi connectivity index (χ0) is 22.7. The average Bonchev–Trinajstić information content (AvgIpc) is 2.79. The Labute approximate surface area is 189 Å². The van der Waals surface area contributed by atoms with Gasteiger partial charge in [0.15, 0.2) is 16.6 Å². The van der Waals surface area contributed by atoms with Crippen molar-refractivity contribution in [2.24, 2.45) is 0 Å². The van der Waals surface area contributed by atoms with Crippen molar-refractivity contribution in [1.29, 1.82) is 0 Å². The molecule has 1 saturated heterocycles. The molecule has 0 aliphatic carbocycles. The van der Waals surface area contributed by atoms with E-state index in [2.05, 4.69) is 5.32 Å². The number of amides is 2.